The first kappa shape index (κ1) is 6.05. The first-order valence-electron chi connectivity index (χ1n) is 3.32. The second-order valence-electron chi connectivity index (χ2n) is 2.31. The van der Waals surface area contributed by atoms with Crippen LogP contribution in [-0.4, -0.2) is 30.6 Å². The molecule has 1 saturated heterocycles. The van der Waals surface area contributed by atoms with Crippen LogP contribution in [0.5, 0.6) is 0 Å². The number of hydrogen-bond acceptors (Lipinski definition) is 2. The zero-order valence-electron chi connectivity index (χ0n) is 5.43. The zero-order chi connectivity index (χ0) is 5.98. The topological polar surface area (TPSA) is 29.3 Å². The molecule has 1 aliphatic heterocycles. The summed E-state index contributed by atoms with van der Waals surface area (Å²) in [6.07, 6.45) is 1.31. The number of nitrogens with zero attached hydrogens (tertiary/aromatic N) is 1. The summed E-state index contributed by atoms with van der Waals surface area (Å²) in [4.78, 5) is 2.40. The normalized spacial score (nSPS) is 30.0. The molecule has 1 aliphatic rings. The Morgan fingerprint density at radius 2 is 2.50 bits per heavy atom. The zero-order valence-corrected chi connectivity index (χ0v) is 5.43. The van der Waals surface area contributed by atoms with Crippen molar-refractivity contribution in [3.8, 4) is 0 Å². The highest BCUT2D eigenvalue weighted by molar-refractivity contribution is 4.81. The number of likely N-dealkylation sites (N-methyl/N-ethyl adjacent to an activating group) is 1. The molecule has 1 fully saturated rings. The molecule has 2 heteroatoms. The Hall–Kier alpha value is -0.0800. The lowest BCUT2D eigenvalue weighted by Gasteiger charge is -2.39. The average Bonchev–Trinajstić information content (AvgIpc) is 1.66. The Morgan fingerprint density at radius 3 is 2.62 bits per heavy atom. The van der Waals surface area contributed by atoms with E-state index in [9.17, 15) is 0 Å². The predicted octanol–water partition coefficient (Wildman–Crippen LogP) is 0.0393. The minimum Gasteiger partial charge on any atom is -0.329 e. The van der Waals surface area contributed by atoms with Crippen LogP contribution in [0, 0.1) is 0 Å². The van der Waals surface area contributed by atoms with Gasteiger partial charge in [-0.2, -0.15) is 0 Å². The van der Waals surface area contributed by atoms with Crippen molar-refractivity contribution in [1.29, 1.82) is 0 Å². The molecule has 48 valence electrons. The van der Waals surface area contributed by atoms with Gasteiger partial charge in [0.1, 0.15) is 0 Å². The van der Waals surface area contributed by atoms with E-state index in [2.05, 4.69) is 11.8 Å². The fraction of sp³-hybridized carbons (Fsp3) is 1.00. The van der Waals surface area contributed by atoms with Crippen molar-refractivity contribution in [2.24, 2.45) is 5.73 Å². The molecule has 1 heterocycles. The van der Waals surface area contributed by atoms with Gasteiger partial charge in [0.2, 0.25) is 0 Å². The van der Waals surface area contributed by atoms with Crippen LogP contribution in [0.15, 0.2) is 0 Å². The van der Waals surface area contributed by atoms with Crippen LogP contribution >= 0.6 is 0 Å². The van der Waals surface area contributed by atoms with E-state index in [1.165, 1.54) is 19.5 Å². The molecule has 0 saturated carbocycles. The predicted molar refractivity (Wildman–Crippen MR) is 34.7 cm³/mol. The molecule has 0 radical (unpaired) electrons. The Kier molecular flexibility index (Phi) is 1.86. The van der Waals surface area contributed by atoms with Crippen molar-refractivity contribution in [1.82, 2.24) is 4.90 Å². The maximum Gasteiger partial charge on any atom is 0.0230 e. The van der Waals surface area contributed by atoms with Crippen molar-refractivity contribution < 1.29 is 0 Å². The van der Waals surface area contributed by atoms with Gasteiger partial charge in [-0.05, 0) is 13.0 Å². The highest BCUT2D eigenvalue weighted by Gasteiger charge is 2.23. The summed E-state index contributed by atoms with van der Waals surface area (Å²) in [7, 11) is 0. The minimum atomic E-state index is 0.708. The summed E-state index contributed by atoms with van der Waals surface area (Å²) in [5.41, 5.74) is 5.46. The minimum absolute atomic E-state index is 0.708. The molecule has 0 aromatic carbocycles. The Morgan fingerprint density at radius 1 is 1.75 bits per heavy atom. The third-order valence-corrected chi connectivity index (χ3v) is 1.94. The second-order valence-corrected chi connectivity index (χ2v) is 2.31. The van der Waals surface area contributed by atoms with Gasteiger partial charge in [0, 0.05) is 19.1 Å². The van der Waals surface area contributed by atoms with Crippen molar-refractivity contribution in [2.45, 2.75) is 19.4 Å². The molecule has 0 aromatic rings. The number of rotatable bonds is 2. The Labute approximate surface area is 50.7 Å². The highest BCUT2D eigenvalue weighted by atomic mass is 15.2. The van der Waals surface area contributed by atoms with Crippen LogP contribution in [0.4, 0.5) is 0 Å². The second kappa shape index (κ2) is 2.46. The summed E-state index contributed by atoms with van der Waals surface area (Å²) in [6, 6.07) is 0.708. The van der Waals surface area contributed by atoms with Crippen LogP contribution in [0.1, 0.15) is 13.3 Å². The van der Waals surface area contributed by atoms with Gasteiger partial charge < -0.3 is 5.73 Å². The van der Waals surface area contributed by atoms with E-state index in [1.807, 2.05) is 0 Å². The number of likely N-dealkylation sites (tertiary alicyclic amines) is 1. The summed E-state index contributed by atoms with van der Waals surface area (Å²) in [6.45, 7) is 5.45. The largest absolute Gasteiger partial charge is 0.329 e. The SMILES string of the molecule is CCN1CC[C@@H]1CN. The molecule has 0 amide bonds. The maximum atomic E-state index is 5.46. The third kappa shape index (κ3) is 0.858. The summed E-state index contributed by atoms with van der Waals surface area (Å²) in [5, 5.41) is 0. The van der Waals surface area contributed by atoms with E-state index in [4.69, 9.17) is 5.73 Å². The van der Waals surface area contributed by atoms with Crippen molar-refractivity contribution >= 4 is 0 Å². The van der Waals surface area contributed by atoms with Gasteiger partial charge in [0.25, 0.3) is 0 Å². The fourth-order valence-corrected chi connectivity index (χ4v) is 1.18. The quantitative estimate of drug-likeness (QED) is 0.549. The van der Waals surface area contributed by atoms with Gasteiger partial charge in [-0.1, -0.05) is 6.92 Å². The molecule has 0 unspecified atom stereocenters. The van der Waals surface area contributed by atoms with E-state index < -0.39 is 0 Å². The van der Waals surface area contributed by atoms with Crippen LogP contribution in [-0.2, 0) is 0 Å². The number of nitrogens with two attached hydrogens (primary N) is 1. The van der Waals surface area contributed by atoms with Gasteiger partial charge in [-0.3, -0.25) is 4.90 Å². The van der Waals surface area contributed by atoms with Crippen LogP contribution in [0.25, 0.3) is 0 Å². The van der Waals surface area contributed by atoms with E-state index in [1.54, 1.807) is 0 Å². The van der Waals surface area contributed by atoms with E-state index >= 15 is 0 Å². The first-order valence-corrected chi connectivity index (χ1v) is 3.32. The van der Waals surface area contributed by atoms with Gasteiger partial charge >= 0.3 is 0 Å². The standard InChI is InChI=1S/C6H14N2/c1-2-8-4-3-6(8)5-7/h6H,2-5,7H2,1H3/t6-/m1/s1. The molecular formula is C6H14N2. The van der Waals surface area contributed by atoms with Crippen LogP contribution < -0.4 is 5.73 Å². The average molecular weight is 114 g/mol. The van der Waals surface area contributed by atoms with Crippen molar-refractivity contribution in [3.05, 3.63) is 0 Å². The Balaban J connectivity index is 2.16. The fourth-order valence-electron chi connectivity index (χ4n) is 1.18. The molecule has 2 nitrogen and oxygen atoms in total. The molecule has 0 aliphatic carbocycles. The van der Waals surface area contributed by atoms with E-state index in [0.29, 0.717) is 6.04 Å². The van der Waals surface area contributed by atoms with E-state index in [-0.39, 0.29) is 0 Å². The maximum absolute atomic E-state index is 5.46. The molecule has 8 heavy (non-hydrogen) atoms. The smallest absolute Gasteiger partial charge is 0.0230 e. The lowest BCUT2D eigenvalue weighted by atomic mass is 10.0. The summed E-state index contributed by atoms with van der Waals surface area (Å²) in [5.74, 6) is 0. The van der Waals surface area contributed by atoms with E-state index in [0.717, 1.165) is 6.54 Å². The monoisotopic (exact) mass is 114 g/mol. The molecule has 0 bridgehead atoms. The van der Waals surface area contributed by atoms with Crippen LogP contribution in [0.2, 0.25) is 0 Å². The molecule has 1 rings (SSSR count). The van der Waals surface area contributed by atoms with Gasteiger partial charge in [0.15, 0.2) is 0 Å². The Bertz CT molecular complexity index is 58.9. The first-order chi connectivity index (χ1) is 3.88. The lowest BCUT2D eigenvalue weighted by Crippen LogP contribution is -2.51. The molecular weight excluding hydrogens is 100 g/mol. The van der Waals surface area contributed by atoms with Gasteiger partial charge in [-0.15, -0.1) is 0 Å². The molecule has 0 spiro atoms. The summed E-state index contributed by atoms with van der Waals surface area (Å²) < 4.78 is 0. The third-order valence-electron chi connectivity index (χ3n) is 1.94. The van der Waals surface area contributed by atoms with Crippen LogP contribution in [0.3, 0.4) is 0 Å². The van der Waals surface area contributed by atoms with Gasteiger partial charge in [0.05, 0.1) is 0 Å². The molecule has 0 aromatic heterocycles. The number of hydrogen-bond donors (Lipinski definition) is 1. The highest BCUT2D eigenvalue weighted by Crippen LogP contribution is 2.13. The van der Waals surface area contributed by atoms with Crippen molar-refractivity contribution in [2.75, 3.05) is 19.6 Å². The molecule has 2 N–H and O–H groups in total. The molecule has 1 atom stereocenters. The van der Waals surface area contributed by atoms with Gasteiger partial charge in [-0.25, -0.2) is 0 Å². The summed E-state index contributed by atoms with van der Waals surface area (Å²) >= 11 is 0. The van der Waals surface area contributed by atoms with Crippen molar-refractivity contribution in [3.63, 3.8) is 0 Å². The lowest BCUT2D eigenvalue weighted by molar-refractivity contribution is 0.104.